The van der Waals surface area contributed by atoms with Crippen LogP contribution in [0.4, 0.5) is 5.82 Å². The highest BCUT2D eigenvalue weighted by atomic mass is 16.5. The van der Waals surface area contributed by atoms with E-state index in [2.05, 4.69) is 4.90 Å². The number of nitrogen functional groups attached to an aromatic ring is 1. The third-order valence-electron chi connectivity index (χ3n) is 5.69. The highest BCUT2D eigenvalue weighted by Crippen LogP contribution is 2.11. The molecule has 0 saturated carbocycles. The van der Waals surface area contributed by atoms with E-state index in [0.717, 1.165) is 42.9 Å². The molecule has 1 fully saturated rings. The van der Waals surface area contributed by atoms with E-state index in [4.69, 9.17) is 10.5 Å². The molecule has 0 bridgehead atoms. The molecular formula is C22H31N5O4. The second kappa shape index (κ2) is 10.5. The first-order valence-electron chi connectivity index (χ1n) is 10.6. The molecule has 0 amide bonds. The predicted octanol–water partition coefficient (Wildman–Crippen LogP) is 0.107. The van der Waals surface area contributed by atoms with Crippen molar-refractivity contribution in [3.05, 3.63) is 62.3 Å². The maximum Gasteiger partial charge on any atom is 0.332 e. The zero-order valence-electron chi connectivity index (χ0n) is 18.2. The van der Waals surface area contributed by atoms with Gasteiger partial charge in [-0.3, -0.25) is 28.5 Å². The van der Waals surface area contributed by atoms with E-state index < -0.39 is 11.2 Å². The second-order valence-corrected chi connectivity index (χ2v) is 7.70. The molecule has 1 saturated heterocycles. The van der Waals surface area contributed by atoms with Crippen molar-refractivity contribution < 1.29 is 9.53 Å². The van der Waals surface area contributed by atoms with Crippen LogP contribution in [0.15, 0.2) is 39.9 Å². The Labute approximate surface area is 181 Å². The van der Waals surface area contributed by atoms with Crippen molar-refractivity contribution in [1.82, 2.24) is 18.9 Å². The minimum atomic E-state index is -0.613. The number of aromatic nitrogens is 2. The van der Waals surface area contributed by atoms with Crippen LogP contribution in [-0.4, -0.2) is 77.7 Å². The van der Waals surface area contributed by atoms with Crippen LogP contribution in [0.2, 0.25) is 0 Å². The second-order valence-electron chi connectivity index (χ2n) is 7.70. The Bertz CT molecular complexity index is 1010. The summed E-state index contributed by atoms with van der Waals surface area (Å²) in [4.78, 5) is 43.2. The largest absolute Gasteiger partial charge is 0.384 e. The summed E-state index contributed by atoms with van der Waals surface area (Å²) in [6, 6.07) is 9.36. The van der Waals surface area contributed by atoms with Crippen LogP contribution in [0.5, 0.6) is 0 Å². The molecule has 9 nitrogen and oxygen atoms in total. The van der Waals surface area contributed by atoms with Gasteiger partial charge in [0.1, 0.15) is 11.4 Å². The topological polar surface area (TPSA) is 103 Å². The highest BCUT2D eigenvalue weighted by Gasteiger charge is 2.25. The Morgan fingerprint density at radius 2 is 1.68 bits per heavy atom. The zero-order chi connectivity index (χ0) is 22.4. The van der Waals surface area contributed by atoms with Gasteiger partial charge in [-0.2, -0.15) is 0 Å². The molecule has 0 unspecified atom stereocenters. The summed E-state index contributed by atoms with van der Waals surface area (Å²) in [6.45, 7) is 6.82. The van der Waals surface area contributed by atoms with Crippen molar-refractivity contribution in [3.63, 3.8) is 0 Å². The van der Waals surface area contributed by atoms with Gasteiger partial charge in [0.15, 0.2) is 5.78 Å². The van der Waals surface area contributed by atoms with E-state index in [0.29, 0.717) is 6.61 Å². The maximum absolute atomic E-state index is 13.1. The number of anilines is 1. The lowest BCUT2D eigenvalue weighted by Gasteiger charge is -2.34. The number of piperazine rings is 1. The number of hydrogen-bond donors (Lipinski definition) is 1. The lowest BCUT2D eigenvalue weighted by molar-refractivity contribution is 0.0786. The van der Waals surface area contributed by atoms with Crippen molar-refractivity contribution in [2.24, 2.45) is 0 Å². The van der Waals surface area contributed by atoms with Crippen LogP contribution in [0.1, 0.15) is 22.8 Å². The van der Waals surface area contributed by atoms with Gasteiger partial charge in [0, 0.05) is 46.4 Å². The van der Waals surface area contributed by atoms with Crippen LogP contribution in [0.25, 0.3) is 0 Å². The molecule has 0 radical (unpaired) electrons. The van der Waals surface area contributed by atoms with Crippen LogP contribution >= 0.6 is 0 Å². The number of Topliss-reactive ketones (excluding diaryl/α,β-unsaturated/α-hetero) is 1. The minimum absolute atomic E-state index is 0.0627. The molecule has 1 aliphatic heterocycles. The van der Waals surface area contributed by atoms with Gasteiger partial charge in [-0.1, -0.05) is 30.3 Å². The molecule has 0 aliphatic carbocycles. The number of ketones is 1. The zero-order valence-corrected chi connectivity index (χ0v) is 18.2. The Hall–Kier alpha value is -2.75. The molecule has 1 aromatic heterocycles. The van der Waals surface area contributed by atoms with Crippen molar-refractivity contribution in [2.45, 2.75) is 20.0 Å². The fourth-order valence-electron chi connectivity index (χ4n) is 3.85. The lowest BCUT2D eigenvalue weighted by atomic mass is 10.1. The first-order chi connectivity index (χ1) is 15.0. The third-order valence-corrected chi connectivity index (χ3v) is 5.69. The third kappa shape index (κ3) is 5.30. The first kappa shape index (κ1) is 22.9. The van der Waals surface area contributed by atoms with Crippen molar-refractivity contribution >= 4 is 11.6 Å². The monoisotopic (exact) mass is 429 g/mol. The van der Waals surface area contributed by atoms with Gasteiger partial charge in [-0.15, -0.1) is 0 Å². The van der Waals surface area contributed by atoms with Crippen LogP contribution in [-0.2, 0) is 17.8 Å². The van der Waals surface area contributed by atoms with Crippen molar-refractivity contribution in [2.75, 3.05) is 58.7 Å². The van der Waals surface area contributed by atoms with E-state index in [1.165, 1.54) is 4.57 Å². The molecule has 0 spiro atoms. The first-order valence-corrected chi connectivity index (χ1v) is 10.6. The standard InChI is InChI=1S/C22H31N5O4/c1-3-26-21(29)19(18(28)16-25-11-9-24(10-12-25)13-14-31-2)20(23)27(22(26)30)15-17-7-5-4-6-8-17/h4-8H,3,9-16,23H2,1-2H3. The normalized spacial score (nSPS) is 15.3. The number of carbonyl (C=O) groups is 1. The van der Waals surface area contributed by atoms with E-state index in [1.54, 1.807) is 14.0 Å². The quantitative estimate of drug-likeness (QED) is 0.564. The van der Waals surface area contributed by atoms with Gasteiger partial charge in [-0.25, -0.2) is 4.79 Å². The SMILES string of the molecule is CCn1c(=O)c(C(=O)CN2CCN(CCOC)CC2)c(N)n(Cc2ccccc2)c1=O. The van der Waals surface area contributed by atoms with E-state index in [-0.39, 0.29) is 36.8 Å². The summed E-state index contributed by atoms with van der Waals surface area (Å²) in [5, 5.41) is 0. The van der Waals surface area contributed by atoms with Crippen LogP contribution in [0.3, 0.4) is 0 Å². The van der Waals surface area contributed by atoms with Crippen LogP contribution in [0, 0.1) is 0 Å². The summed E-state index contributed by atoms with van der Waals surface area (Å²) in [6.07, 6.45) is 0. The van der Waals surface area contributed by atoms with Crippen molar-refractivity contribution in [3.8, 4) is 0 Å². The number of rotatable bonds is 9. The molecule has 9 heteroatoms. The van der Waals surface area contributed by atoms with Gasteiger partial charge in [0.2, 0.25) is 0 Å². The number of nitrogens with two attached hydrogens (primary N) is 1. The highest BCUT2D eigenvalue weighted by molar-refractivity contribution is 6.01. The minimum Gasteiger partial charge on any atom is -0.384 e. The van der Waals surface area contributed by atoms with Crippen molar-refractivity contribution in [1.29, 1.82) is 0 Å². The summed E-state index contributed by atoms with van der Waals surface area (Å²) in [5.74, 6) is -0.413. The number of hydrogen-bond acceptors (Lipinski definition) is 7. The van der Waals surface area contributed by atoms with E-state index in [1.807, 2.05) is 35.2 Å². The Balaban J connectivity index is 1.83. The van der Waals surface area contributed by atoms with Gasteiger partial charge in [0.05, 0.1) is 19.7 Å². The predicted molar refractivity (Wildman–Crippen MR) is 120 cm³/mol. The summed E-state index contributed by atoms with van der Waals surface area (Å²) < 4.78 is 7.51. The average molecular weight is 430 g/mol. The van der Waals surface area contributed by atoms with E-state index >= 15 is 0 Å². The average Bonchev–Trinajstić information content (AvgIpc) is 2.77. The van der Waals surface area contributed by atoms with Gasteiger partial charge < -0.3 is 10.5 Å². The number of ether oxygens (including phenoxy) is 1. The molecule has 0 atom stereocenters. The van der Waals surface area contributed by atoms with Crippen LogP contribution < -0.4 is 17.0 Å². The Morgan fingerprint density at radius 3 is 2.29 bits per heavy atom. The fraction of sp³-hybridized carbons (Fsp3) is 0.500. The Morgan fingerprint density at radius 1 is 1.03 bits per heavy atom. The Kier molecular flexibility index (Phi) is 7.78. The fourth-order valence-corrected chi connectivity index (χ4v) is 3.85. The molecule has 2 heterocycles. The van der Waals surface area contributed by atoms with Gasteiger partial charge >= 0.3 is 5.69 Å². The van der Waals surface area contributed by atoms with Gasteiger partial charge in [0.25, 0.3) is 5.56 Å². The molecular weight excluding hydrogens is 398 g/mol. The number of nitrogens with zero attached hydrogens (tertiary/aromatic N) is 4. The number of benzene rings is 1. The number of carbonyl (C=O) groups excluding carboxylic acids is 1. The molecule has 2 aromatic rings. The summed E-state index contributed by atoms with van der Waals surface area (Å²) in [5.41, 5.74) is 5.88. The lowest BCUT2D eigenvalue weighted by Crippen LogP contribution is -2.50. The molecule has 1 aliphatic rings. The molecule has 1 aromatic carbocycles. The molecule has 3 rings (SSSR count). The molecule has 168 valence electrons. The summed E-state index contributed by atoms with van der Waals surface area (Å²) in [7, 11) is 1.68. The van der Waals surface area contributed by atoms with Gasteiger partial charge in [-0.05, 0) is 12.5 Å². The number of methoxy groups -OCH3 is 1. The maximum atomic E-state index is 13.1. The summed E-state index contributed by atoms with van der Waals surface area (Å²) >= 11 is 0. The van der Waals surface area contributed by atoms with E-state index in [9.17, 15) is 14.4 Å². The molecule has 2 N–H and O–H groups in total. The smallest absolute Gasteiger partial charge is 0.332 e. The molecule has 31 heavy (non-hydrogen) atoms.